The van der Waals surface area contributed by atoms with Crippen LogP contribution in [0.15, 0.2) is 24.5 Å². The van der Waals surface area contributed by atoms with Gasteiger partial charge in [0.1, 0.15) is 6.10 Å². The minimum absolute atomic E-state index is 0.567. The Kier molecular flexibility index (Phi) is 2.65. The summed E-state index contributed by atoms with van der Waals surface area (Å²) in [7, 11) is 0. The van der Waals surface area contributed by atoms with E-state index in [1.165, 1.54) is 0 Å². The van der Waals surface area contributed by atoms with Crippen LogP contribution in [-0.4, -0.2) is 16.2 Å². The third-order valence-corrected chi connectivity index (χ3v) is 1.11. The first-order valence-electron chi connectivity index (χ1n) is 3.38. The summed E-state index contributed by atoms with van der Waals surface area (Å²) in [5.74, 6) is 5.44. The van der Waals surface area contributed by atoms with Crippen molar-refractivity contribution >= 4 is 0 Å². The van der Waals surface area contributed by atoms with Crippen molar-refractivity contribution < 1.29 is 5.11 Å². The second-order valence-corrected chi connectivity index (χ2v) is 2.18. The number of nitrogens with zero attached hydrogens (tertiary/aromatic N) is 1. The average molecular weight is 147 g/mol. The summed E-state index contributed by atoms with van der Waals surface area (Å²) in [6, 6.07) is 3.60. The van der Waals surface area contributed by atoms with Crippen molar-refractivity contribution in [2.24, 2.45) is 0 Å². The lowest BCUT2D eigenvalue weighted by Crippen LogP contribution is -1.92. The van der Waals surface area contributed by atoms with Crippen LogP contribution in [0, 0.1) is 11.8 Å². The van der Waals surface area contributed by atoms with Crippen LogP contribution >= 0.6 is 0 Å². The molecule has 0 radical (unpaired) electrons. The quantitative estimate of drug-likeness (QED) is 0.551. The topological polar surface area (TPSA) is 33.1 Å². The molecule has 0 unspecified atom stereocenters. The van der Waals surface area contributed by atoms with Crippen molar-refractivity contribution in [3.8, 4) is 11.8 Å². The Hall–Kier alpha value is -1.33. The van der Waals surface area contributed by atoms with Gasteiger partial charge in [-0.3, -0.25) is 4.98 Å². The monoisotopic (exact) mass is 147 g/mol. The minimum Gasteiger partial charge on any atom is -0.381 e. The van der Waals surface area contributed by atoms with Crippen molar-refractivity contribution in [3.05, 3.63) is 30.1 Å². The highest BCUT2D eigenvalue weighted by atomic mass is 16.3. The molecular formula is C9H9NO. The molecular weight excluding hydrogens is 138 g/mol. The van der Waals surface area contributed by atoms with Gasteiger partial charge in [-0.1, -0.05) is 11.8 Å². The maximum absolute atomic E-state index is 8.82. The van der Waals surface area contributed by atoms with Crippen molar-refractivity contribution in [1.82, 2.24) is 4.98 Å². The van der Waals surface area contributed by atoms with Crippen molar-refractivity contribution in [1.29, 1.82) is 0 Å². The third kappa shape index (κ3) is 2.83. The summed E-state index contributed by atoms with van der Waals surface area (Å²) < 4.78 is 0. The van der Waals surface area contributed by atoms with E-state index in [1.807, 2.05) is 0 Å². The first-order valence-corrected chi connectivity index (χ1v) is 3.38. The van der Waals surface area contributed by atoms with E-state index in [1.54, 1.807) is 31.5 Å². The van der Waals surface area contributed by atoms with Crippen LogP contribution in [0.2, 0.25) is 0 Å². The molecule has 0 aromatic carbocycles. The Morgan fingerprint density at radius 3 is 2.64 bits per heavy atom. The number of hydrogen-bond acceptors (Lipinski definition) is 2. The molecule has 1 atom stereocenters. The van der Waals surface area contributed by atoms with Crippen LogP contribution in [-0.2, 0) is 0 Å². The molecule has 0 saturated heterocycles. The molecule has 0 spiro atoms. The predicted octanol–water partition coefficient (Wildman–Crippen LogP) is 0.814. The van der Waals surface area contributed by atoms with Crippen LogP contribution in [0.4, 0.5) is 0 Å². The molecule has 1 aromatic rings. The molecule has 0 aliphatic heterocycles. The lowest BCUT2D eigenvalue weighted by atomic mass is 10.2. The SMILES string of the molecule is C[C@@H](O)C#Cc1ccncc1. The number of rotatable bonds is 0. The molecule has 2 heteroatoms. The van der Waals surface area contributed by atoms with E-state index in [-0.39, 0.29) is 0 Å². The van der Waals surface area contributed by atoms with Gasteiger partial charge in [-0.25, -0.2) is 0 Å². The first kappa shape index (κ1) is 7.77. The number of aliphatic hydroxyl groups excluding tert-OH is 1. The Morgan fingerprint density at radius 2 is 2.09 bits per heavy atom. The Labute approximate surface area is 65.9 Å². The van der Waals surface area contributed by atoms with Gasteiger partial charge in [0, 0.05) is 18.0 Å². The smallest absolute Gasteiger partial charge is 0.112 e. The van der Waals surface area contributed by atoms with E-state index < -0.39 is 6.10 Å². The Bertz CT molecular complexity index is 269. The van der Waals surface area contributed by atoms with Crippen LogP contribution in [0.25, 0.3) is 0 Å². The lowest BCUT2D eigenvalue weighted by Gasteiger charge is -1.88. The van der Waals surface area contributed by atoms with E-state index >= 15 is 0 Å². The molecule has 0 saturated carbocycles. The van der Waals surface area contributed by atoms with E-state index in [2.05, 4.69) is 16.8 Å². The first-order chi connectivity index (χ1) is 5.29. The maximum atomic E-state index is 8.82. The van der Waals surface area contributed by atoms with Crippen molar-refractivity contribution in [3.63, 3.8) is 0 Å². The zero-order valence-corrected chi connectivity index (χ0v) is 6.28. The van der Waals surface area contributed by atoms with Gasteiger partial charge in [-0.05, 0) is 19.1 Å². The fourth-order valence-electron chi connectivity index (χ4n) is 0.623. The molecule has 0 aliphatic carbocycles. The lowest BCUT2D eigenvalue weighted by molar-refractivity contribution is 0.253. The zero-order valence-electron chi connectivity index (χ0n) is 6.28. The van der Waals surface area contributed by atoms with Gasteiger partial charge < -0.3 is 5.11 Å². The average Bonchev–Trinajstić information content (AvgIpc) is 2.03. The summed E-state index contributed by atoms with van der Waals surface area (Å²) in [6.07, 6.45) is 2.78. The largest absolute Gasteiger partial charge is 0.381 e. The highest BCUT2D eigenvalue weighted by Crippen LogP contribution is 1.91. The summed E-state index contributed by atoms with van der Waals surface area (Å²) in [6.45, 7) is 1.63. The van der Waals surface area contributed by atoms with Gasteiger partial charge in [-0.2, -0.15) is 0 Å². The second-order valence-electron chi connectivity index (χ2n) is 2.18. The number of hydrogen-bond donors (Lipinski definition) is 1. The van der Waals surface area contributed by atoms with Crippen LogP contribution in [0.1, 0.15) is 12.5 Å². The molecule has 1 rings (SSSR count). The molecule has 0 bridgehead atoms. The zero-order chi connectivity index (χ0) is 8.10. The van der Waals surface area contributed by atoms with E-state index in [0.717, 1.165) is 5.56 Å². The summed E-state index contributed by atoms with van der Waals surface area (Å²) in [5, 5.41) is 8.82. The molecule has 56 valence electrons. The van der Waals surface area contributed by atoms with Gasteiger partial charge in [0.2, 0.25) is 0 Å². The Morgan fingerprint density at radius 1 is 1.45 bits per heavy atom. The van der Waals surface area contributed by atoms with E-state index in [0.29, 0.717) is 0 Å². The molecule has 0 amide bonds. The molecule has 0 fully saturated rings. The molecule has 2 nitrogen and oxygen atoms in total. The highest BCUT2D eigenvalue weighted by molar-refractivity contribution is 5.32. The fraction of sp³-hybridized carbons (Fsp3) is 0.222. The van der Waals surface area contributed by atoms with Crippen molar-refractivity contribution in [2.45, 2.75) is 13.0 Å². The van der Waals surface area contributed by atoms with Crippen LogP contribution in [0.3, 0.4) is 0 Å². The van der Waals surface area contributed by atoms with E-state index in [4.69, 9.17) is 5.11 Å². The Balaban J connectivity index is 2.75. The summed E-state index contributed by atoms with van der Waals surface area (Å²) in [5.41, 5.74) is 0.876. The summed E-state index contributed by atoms with van der Waals surface area (Å²) >= 11 is 0. The van der Waals surface area contributed by atoms with Gasteiger partial charge >= 0.3 is 0 Å². The molecule has 1 aromatic heterocycles. The second kappa shape index (κ2) is 3.75. The standard InChI is InChI=1S/C9H9NO/c1-8(11)2-3-9-4-6-10-7-5-9/h4-8,11H,1H3/t8-/m1/s1. The molecule has 1 N–H and O–H groups in total. The predicted molar refractivity (Wildman–Crippen MR) is 42.8 cm³/mol. The number of aliphatic hydroxyl groups is 1. The van der Waals surface area contributed by atoms with Gasteiger partial charge in [0.15, 0.2) is 0 Å². The molecule has 11 heavy (non-hydrogen) atoms. The van der Waals surface area contributed by atoms with E-state index in [9.17, 15) is 0 Å². The van der Waals surface area contributed by atoms with Gasteiger partial charge in [0.05, 0.1) is 0 Å². The van der Waals surface area contributed by atoms with Gasteiger partial charge in [-0.15, -0.1) is 0 Å². The van der Waals surface area contributed by atoms with Crippen LogP contribution < -0.4 is 0 Å². The summed E-state index contributed by atoms with van der Waals surface area (Å²) in [4.78, 5) is 3.84. The molecule has 0 aliphatic rings. The van der Waals surface area contributed by atoms with Crippen LogP contribution in [0.5, 0.6) is 0 Å². The third-order valence-electron chi connectivity index (χ3n) is 1.11. The molecule has 1 heterocycles. The highest BCUT2D eigenvalue weighted by Gasteiger charge is 1.84. The number of aromatic nitrogens is 1. The fourth-order valence-corrected chi connectivity index (χ4v) is 0.623. The number of pyridine rings is 1. The normalized spacial score (nSPS) is 11.5. The van der Waals surface area contributed by atoms with Gasteiger partial charge in [0.25, 0.3) is 0 Å². The minimum atomic E-state index is -0.567. The maximum Gasteiger partial charge on any atom is 0.112 e. The van der Waals surface area contributed by atoms with Crippen molar-refractivity contribution in [2.75, 3.05) is 0 Å².